The predicted octanol–water partition coefficient (Wildman–Crippen LogP) is 2.15. The minimum atomic E-state index is 0.290. The topological polar surface area (TPSA) is 38.5 Å². The van der Waals surface area contributed by atoms with E-state index in [4.69, 9.17) is 10.5 Å². The Morgan fingerprint density at radius 1 is 1.05 bits per heavy atom. The molecule has 0 bridgehead atoms. The van der Waals surface area contributed by atoms with Crippen LogP contribution in [0.3, 0.4) is 0 Å². The lowest BCUT2D eigenvalue weighted by Crippen LogP contribution is -2.51. The van der Waals surface area contributed by atoms with Crippen LogP contribution >= 0.6 is 0 Å². The molecule has 4 rings (SSSR count). The van der Waals surface area contributed by atoms with Crippen LogP contribution in [0, 0.1) is 11.8 Å². The lowest BCUT2D eigenvalue weighted by Gasteiger charge is -2.49. The molecule has 2 saturated heterocycles. The van der Waals surface area contributed by atoms with E-state index in [1.165, 1.54) is 64.5 Å². The zero-order chi connectivity index (χ0) is 12.9. The van der Waals surface area contributed by atoms with Gasteiger partial charge in [0.1, 0.15) is 0 Å². The number of nitrogens with two attached hydrogens (primary N) is 1. The first-order valence-corrected chi connectivity index (χ1v) is 8.39. The van der Waals surface area contributed by atoms with Gasteiger partial charge in [0.25, 0.3) is 0 Å². The second kappa shape index (κ2) is 4.71. The van der Waals surface area contributed by atoms with Crippen molar-refractivity contribution in [1.82, 2.24) is 4.90 Å². The summed E-state index contributed by atoms with van der Waals surface area (Å²) in [6, 6.07) is 1.26. The van der Waals surface area contributed by atoms with Gasteiger partial charge in [0.2, 0.25) is 0 Å². The molecule has 108 valence electrons. The zero-order valence-corrected chi connectivity index (χ0v) is 12.0. The smallest absolute Gasteiger partial charge is 0.0697 e. The molecular weight excluding hydrogens is 236 g/mol. The molecule has 0 radical (unpaired) electrons. The molecule has 4 fully saturated rings. The Hall–Kier alpha value is -0.120. The molecule has 2 saturated carbocycles. The molecule has 19 heavy (non-hydrogen) atoms. The van der Waals surface area contributed by atoms with Crippen LogP contribution in [0.25, 0.3) is 0 Å². The molecule has 2 heterocycles. The second-order valence-electron chi connectivity index (χ2n) is 7.50. The van der Waals surface area contributed by atoms with Gasteiger partial charge in [0, 0.05) is 31.8 Å². The number of hydrogen-bond acceptors (Lipinski definition) is 3. The fourth-order valence-electron chi connectivity index (χ4n) is 5.08. The highest BCUT2D eigenvalue weighted by molar-refractivity contribution is 5.00. The lowest BCUT2D eigenvalue weighted by atomic mass is 9.73. The molecule has 0 amide bonds. The summed E-state index contributed by atoms with van der Waals surface area (Å²) in [6.07, 6.45) is 10.6. The van der Waals surface area contributed by atoms with Crippen LogP contribution in [0.2, 0.25) is 0 Å². The number of rotatable bonds is 1. The van der Waals surface area contributed by atoms with Gasteiger partial charge in [-0.25, -0.2) is 0 Å². The van der Waals surface area contributed by atoms with Crippen molar-refractivity contribution in [3.8, 4) is 0 Å². The standard InChI is InChI=1S/C16H28N2O/c17-15-4-1-3-12-10-18(11-14(12)15)13-5-8-19-16(9-13)6-2-7-16/h12-15H,1-11,17H2. The molecule has 0 aromatic carbocycles. The Balaban J connectivity index is 1.42. The molecule has 3 heteroatoms. The molecule has 4 atom stereocenters. The molecule has 0 aromatic heterocycles. The molecular formula is C16H28N2O. The zero-order valence-electron chi connectivity index (χ0n) is 12.0. The van der Waals surface area contributed by atoms with E-state index in [9.17, 15) is 0 Å². The maximum absolute atomic E-state index is 6.35. The van der Waals surface area contributed by atoms with Gasteiger partial charge >= 0.3 is 0 Å². The van der Waals surface area contributed by atoms with Gasteiger partial charge < -0.3 is 10.5 Å². The van der Waals surface area contributed by atoms with Gasteiger partial charge in [-0.3, -0.25) is 4.90 Å². The molecule has 2 aliphatic heterocycles. The molecule has 0 aromatic rings. The molecule has 3 nitrogen and oxygen atoms in total. The van der Waals surface area contributed by atoms with Crippen molar-refractivity contribution < 1.29 is 4.74 Å². The van der Waals surface area contributed by atoms with Crippen molar-refractivity contribution >= 4 is 0 Å². The third kappa shape index (κ3) is 2.14. The Morgan fingerprint density at radius 3 is 2.68 bits per heavy atom. The largest absolute Gasteiger partial charge is 0.375 e. The summed E-state index contributed by atoms with van der Waals surface area (Å²) in [6.45, 7) is 3.58. The van der Waals surface area contributed by atoms with Crippen LogP contribution in [-0.4, -0.2) is 42.3 Å². The Morgan fingerprint density at radius 2 is 1.95 bits per heavy atom. The number of ether oxygens (including phenoxy) is 1. The van der Waals surface area contributed by atoms with E-state index in [0.29, 0.717) is 11.6 Å². The van der Waals surface area contributed by atoms with Gasteiger partial charge in [-0.05, 0) is 56.8 Å². The van der Waals surface area contributed by atoms with E-state index in [-0.39, 0.29) is 0 Å². The summed E-state index contributed by atoms with van der Waals surface area (Å²) in [5, 5.41) is 0. The Labute approximate surface area is 116 Å². The highest BCUT2D eigenvalue weighted by Crippen LogP contribution is 2.45. The minimum absolute atomic E-state index is 0.290. The van der Waals surface area contributed by atoms with Crippen LogP contribution in [0.5, 0.6) is 0 Å². The summed E-state index contributed by atoms with van der Waals surface area (Å²) in [5.41, 5.74) is 6.64. The van der Waals surface area contributed by atoms with Crippen molar-refractivity contribution in [2.75, 3.05) is 19.7 Å². The number of nitrogens with zero attached hydrogens (tertiary/aromatic N) is 1. The highest BCUT2D eigenvalue weighted by Gasteiger charge is 2.47. The fourth-order valence-corrected chi connectivity index (χ4v) is 5.08. The van der Waals surface area contributed by atoms with Crippen LogP contribution in [0.15, 0.2) is 0 Å². The summed E-state index contributed by atoms with van der Waals surface area (Å²) in [7, 11) is 0. The van der Waals surface area contributed by atoms with E-state index in [0.717, 1.165) is 24.5 Å². The van der Waals surface area contributed by atoms with Crippen molar-refractivity contribution in [2.45, 2.75) is 69.1 Å². The molecule has 1 spiro atoms. The number of fused-ring (bicyclic) bond motifs is 1. The fraction of sp³-hybridized carbons (Fsp3) is 1.00. The van der Waals surface area contributed by atoms with Crippen molar-refractivity contribution in [1.29, 1.82) is 0 Å². The summed E-state index contributed by atoms with van der Waals surface area (Å²) >= 11 is 0. The maximum atomic E-state index is 6.35. The van der Waals surface area contributed by atoms with E-state index in [2.05, 4.69) is 4.90 Å². The predicted molar refractivity (Wildman–Crippen MR) is 75.9 cm³/mol. The van der Waals surface area contributed by atoms with Gasteiger partial charge in [-0.1, -0.05) is 6.42 Å². The molecule has 4 unspecified atom stereocenters. The third-order valence-electron chi connectivity index (χ3n) is 6.43. The van der Waals surface area contributed by atoms with E-state index < -0.39 is 0 Å². The number of hydrogen-bond donors (Lipinski definition) is 1. The Kier molecular flexibility index (Phi) is 3.13. The third-order valence-corrected chi connectivity index (χ3v) is 6.43. The quantitative estimate of drug-likeness (QED) is 0.788. The van der Waals surface area contributed by atoms with E-state index in [1.807, 2.05) is 0 Å². The molecule has 2 N–H and O–H groups in total. The SMILES string of the molecule is NC1CCCC2CN(C3CCOC4(CCC4)C3)CC12. The normalized spacial score (nSPS) is 45.9. The van der Waals surface area contributed by atoms with E-state index in [1.54, 1.807) is 0 Å². The van der Waals surface area contributed by atoms with E-state index >= 15 is 0 Å². The Bertz CT molecular complexity index is 342. The highest BCUT2D eigenvalue weighted by atomic mass is 16.5. The maximum Gasteiger partial charge on any atom is 0.0697 e. The molecule has 2 aliphatic carbocycles. The van der Waals surface area contributed by atoms with Gasteiger partial charge in [0.05, 0.1) is 5.60 Å². The van der Waals surface area contributed by atoms with Gasteiger partial charge in [-0.2, -0.15) is 0 Å². The van der Waals surface area contributed by atoms with Crippen LogP contribution in [0.1, 0.15) is 51.4 Å². The first kappa shape index (κ1) is 12.6. The summed E-state index contributed by atoms with van der Waals surface area (Å²) in [4.78, 5) is 2.78. The van der Waals surface area contributed by atoms with Crippen molar-refractivity contribution in [3.05, 3.63) is 0 Å². The average Bonchev–Trinajstić information content (AvgIpc) is 2.83. The van der Waals surface area contributed by atoms with Crippen LogP contribution < -0.4 is 5.73 Å². The summed E-state index contributed by atoms with van der Waals surface area (Å²) < 4.78 is 6.08. The summed E-state index contributed by atoms with van der Waals surface area (Å²) in [5.74, 6) is 1.68. The van der Waals surface area contributed by atoms with Gasteiger partial charge in [-0.15, -0.1) is 0 Å². The van der Waals surface area contributed by atoms with Crippen LogP contribution in [0.4, 0.5) is 0 Å². The van der Waals surface area contributed by atoms with Gasteiger partial charge in [0.15, 0.2) is 0 Å². The first-order chi connectivity index (χ1) is 9.26. The first-order valence-electron chi connectivity index (χ1n) is 8.39. The van der Waals surface area contributed by atoms with Crippen molar-refractivity contribution in [3.63, 3.8) is 0 Å². The van der Waals surface area contributed by atoms with Crippen molar-refractivity contribution in [2.24, 2.45) is 17.6 Å². The average molecular weight is 264 g/mol. The van der Waals surface area contributed by atoms with Crippen LogP contribution in [-0.2, 0) is 4.74 Å². The number of likely N-dealkylation sites (tertiary alicyclic amines) is 1. The monoisotopic (exact) mass is 264 g/mol. The second-order valence-corrected chi connectivity index (χ2v) is 7.50. The lowest BCUT2D eigenvalue weighted by molar-refractivity contribution is -0.147. The molecule has 4 aliphatic rings. The minimum Gasteiger partial charge on any atom is -0.375 e.